The van der Waals surface area contributed by atoms with E-state index in [-0.39, 0.29) is 11.4 Å². The molecule has 0 radical (unpaired) electrons. The number of thiocarbonyl (C=S) groups is 1. The fraction of sp³-hybridized carbons (Fsp3) is 0.0526. The van der Waals surface area contributed by atoms with Crippen LogP contribution < -0.4 is 15.5 Å². The van der Waals surface area contributed by atoms with E-state index in [2.05, 4.69) is 36.5 Å². The number of halogens is 1. The molecule has 7 nitrogen and oxygen atoms in total. The maximum atomic E-state index is 12.3. The molecule has 0 atom stereocenters. The van der Waals surface area contributed by atoms with Gasteiger partial charge in [-0.3, -0.25) is 5.43 Å². The number of furan rings is 1. The van der Waals surface area contributed by atoms with E-state index in [1.54, 1.807) is 24.3 Å². The summed E-state index contributed by atoms with van der Waals surface area (Å²) in [5.74, 6) is 0.912. The highest BCUT2D eigenvalue weighted by atomic mass is 79.9. The summed E-state index contributed by atoms with van der Waals surface area (Å²) in [7, 11) is -3.63. The smallest absolute Gasteiger partial charge is 0.240 e. The standard InChI is InChI=1S/C19H17BrN4O3S2/c20-14-6-10-18(11-7-14)29(25,26)22-13-17-9-8-16(27-17)12-21-24-19(28)23-15-4-2-1-3-5-15/h1-12,22H,13H2,(H2,23,24,28)/b21-12-. The van der Waals surface area contributed by atoms with Gasteiger partial charge in [-0.25, -0.2) is 13.1 Å². The number of nitrogens with one attached hydrogen (secondary N) is 3. The van der Waals surface area contributed by atoms with Crippen molar-refractivity contribution in [2.75, 3.05) is 5.32 Å². The van der Waals surface area contributed by atoms with Crippen LogP contribution in [0.1, 0.15) is 11.5 Å². The summed E-state index contributed by atoms with van der Waals surface area (Å²) >= 11 is 8.42. The summed E-state index contributed by atoms with van der Waals surface area (Å²) in [6, 6.07) is 19.2. The first-order chi connectivity index (χ1) is 13.9. The summed E-state index contributed by atoms with van der Waals surface area (Å²) in [6.45, 7) is 0.0215. The Balaban J connectivity index is 1.50. The Hall–Kier alpha value is -2.53. The van der Waals surface area contributed by atoms with Crippen molar-refractivity contribution in [3.05, 3.63) is 82.7 Å². The number of benzene rings is 2. The largest absolute Gasteiger partial charge is 0.459 e. The van der Waals surface area contributed by atoms with Crippen LogP contribution in [-0.2, 0) is 16.6 Å². The van der Waals surface area contributed by atoms with Gasteiger partial charge in [0.2, 0.25) is 10.0 Å². The average Bonchev–Trinajstić information content (AvgIpc) is 3.15. The minimum absolute atomic E-state index is 0.0215. The van der Waals surface area contributed by atoms with Crippen LogP contribution in [0.3, 0.4) is 0 Å². The molecule has 0 bridgehead atoms. The summed E-state index contributed by atoms with van der Waals surface area (Å²) in [5, 5.41) is 7.32. The number of hydrogen-bond acceptors (Lipinski definition) is 5. The summed E-state index contributed by atoms with van der Waals surface area (Å²) in [6.07, 6.45) is 1.45. The van der Waals surface area contributed by atoms with Gasteiger partial charge in [-0.1, -0.05) is 34.1 Å². The van der Waals surface area contributed by atoms with Gasteiger partial charge in [0.15, 0.2) is 5.11 Å². The Morgan fingerprint density at radius 2 is 1.79 bits per heavy atom. The van der Waals surface area contributed by atoms with Gasteiger partial charge in [0.1, 0.15) is 11.5 Å². The summed E-state index contributed by atoms with van der Waals surface area (Å²) < 4.78 is 33.4. The van der Waals surface area contributed by atoms with Crippen molar-refractivity contribution in [2.24, 2.45) is 5.10 Å². The molecule has 0 spiro atoms. The zero-order valence-corrected chi connectivity index (χ0v) is 18.2. The highest BCUT2D eigenvalue weighted by Crippen LogP contribution is 2.15. The van der Waals surface area contributed by atoms with Crippen LogP contribution >= 0.6 is 28.1 Å². The van der Waals surface area contributed by atoms with Gasteiger partial charge >= 0.3 is 0 Å². The predicted molar refractivity (Wildman–Crippen MR) is 120 cm³/mol. The number of rotatable bonds is 7. The molecular weight excluding hydrogens is 476 g/mol. The van der Waals surface area contributed by atoms with Crippen molar-refractivity contribution in [3.63, 3.8) is 0 Å². The van der Waals surface area contributed by atoms with Crippen molar-refractivity contribution >= 4 is 55.2 Å². The lowest BCUT2D eigenvalue weighted by Crippen LogP contribution is -2.23. The van der Waals surface area contributed by atoms with Crippen LogP contribution in [0.4, 0.5) is 5.69 Å². The van der Waals surface area contributed by atoms with Gasteiger partial charge in [-0.15, -0.1) is 0 Å². The molecule has 1 aromatic heterocycles. The molecule has 0 unspecified atom stereocenters. The Morgan fingerprint density at radius 1 is 1.07 bits per heavy atom. The van der Waals surface area contributed by atoms with E-state index in [0.29, 0.717) is 16.6 Å². The van der Waals surface area contributed by atoms with Crippen molar-refractivity contribution in [2.45, 2.75) is 11.4 Å². The molecule has 0 amide bonds. The number of sulfonamides is 1. The first-order valence-electron chi connectivity index (χ1n) is 8.41. The molecule has 0 saturated heterocycles. The van der Waals surface area contributed by atoms with Gasteiger partial charge < -0.3 is 9.73 Å². The van der Waals surface area contributed by atoms with E-state index < -0.39 is 10.0 Å². The Bertz CT molecular complexity index is 1100. The zero-order chi connectivity index (χ0) is 20.7. The second-order valence-corrected chi connectivity index (χ2v) is 8.86. The van der Waals surface area contributed by atoms with E-state index in [1.165, 1.54) is 18.3 Å². The first kappa shape index (κ1) is 21.2. The van der Waals surface area contributed by atoms with Crippen LogP contribution in [0.25, 0.3) is 0 Å². The van der Waals surface area contributed by atoms with E-state index in [4.69, 9.17) is 16.6 Å². The Kier molecular flexibility index (Phi) is 7.15. The van der Waals surface area contributed by atoms with Crippen LogP contribution in [0, 0.1) is 0 Å². The third kappa shape index (κ3) is 6.50. The fourth-order valence-electron chi connectivity index (χ4n) is 2.26. The first-order valence-corrected chi connectivity index (χ1v) is 11.1. The third-order valence-electron chi connectivity index (χ3n) is 3.63. The molecular formula is C19H17BrN4O3S2. The quantitative estimate of drug-likeness (QED) is 0.263. The lowest BCUT2D eigenvalue weighted by atomic mass is 10.3. The number of anilines is 1. The molecule has 0 fully saturated rings. The number of hydrazone groups is 1. The lowest BCUT2D eigenvalue weighted by Gasteiger charge is -2.06. The van der Waals surface area contributed by atoms with Crippen molar-refractivity contribution in [3.8, 4) is 0 Å². The SMILES string of the molecule is O=S(=O)(NCc1ccc(/C=N\NC(=S)Nc2ccccc2)o1)c1ccc(Br)cc1. The molecule has 3 aromatic rings. The second kappa shape index (κ2) is 9.79. The molecule has 0 aliphatic heterocycles. The monoisotopic (exact) mass is 492 g/mol. The van der Waals surface area contributed by atoms with E-state index in [0.717, 1.165) is 10.2 Å². The molecule has 10 heteroatoms. The second-order valence-electron chi connectivity index (χ2n) is 5.77. The van der Waals surface area contributed by atoms with Gasteiger partial charge in [0, 0.05) is 10.2 Å². The van der Waals surface area contributed by atoms with Crippen LogP contribution in [0.5, 0.6) is 0 Å². The van der Waals surface area contributed by atoms with Gasteiger partial charge in [0.25, 0.3) is 0 Å². The minimum Gasteiger partial charge on any atom is -0.459 e. The molecule has 29 heavy (non-hydrogen) atoms. The summed E-state index contributed by atoms with van der Waals surface area (Å²) in [5.41, 5.74) is 3.53. The maximum absolute atomic E-state index is 12.3. The minimum atomic E-state index is -3.63. The normalized spacial score (nSPS) is 11.5. The van der Waals surface area contributed by atoms with Gasteiger partial charge in [0.05, 0.1) is 17.7 Å². The zero-order valence-electron chi connectivity index (χ0n) is 15.0. The maximum Gasteiger partial charge on any atom is 0.240 e. The molecule has 0 saturated carbocycles. The van der Waals surface area contributed by atoms with Crippen molar-refractivity contribution in [1.29, 1.82) is 0 Å². The van der Waals surface area contributed by atoms with Crippen molar-refractivity contribution < 1.29 is 12.8 Å². The third-order valence-corrected chi connectivity index (χ3v) is 5.77. The average molecular weight is 493 g/mol. The van der Waals surface area contributed by atoms with Crippen LogP contribution in [0.2, 0.25) is 0 Å². The molecule has 2 aromatic carbocycles. The molecule has 0 aliphatic rings. The van der Waals surface area contributed by atoms with Crippen LogP contribution in [-0.4, -0.2) is 19.7 Å². The summed E-state index contributed by atoms with van der Waals surface area (Å²) in [4.78, 5) is 0.178. The lowest BCUT2D eigenvalue weighted by molar-refractivity contribution is 0.493. The van der Waals surface area contributed by atoms with Gasteiger partial charge in [-0.05, 0) is 60.7 Å². The molecule has 3 rings (SSSR count). The topological polar surface area (TPSA) is 95.7 Å². The van der Waals surface area contributed by atoms with Gasteiger partial charge in [-0.2, -0.15) is 5.10 Å². The number of hydrogen-bond donors (Lipinski definition) is 3. The van der Waals surface area contributed by atoms with E-state index in [1.807, 2.05) is 30.3 Å². The van der Waals surface area contributed by atoms with Crippen LogP contribution in [0.15, 0.2) is 85.6 Å². The molecule has 150 valence electrons. The fourth-order valence-corrected chi connectivity index (χ4v) is 3.69. The Labute approximate surface area is 182 Å². The molecule has 3 N–H and O–H groups in total. The highest BCUT2D eigenvalue weighted by molar-refractivity contribution is 9.10. The predicted octanol–water partition coefficient (Wildman–Crippen LogP) is 3.84. The molecule has 0 aliphatic carbocycles. The Morgan fingerprint density at radius 3 is 2.52 bits per heavy atom. The number of nitrogens with zero attached hydrogens (tertiary/aromatic N) is 1. The van der Waals surface area contributed by atoms with Crippen molar-refractivity contribution in [1.82, 2.24) is 10.1 Å². The highest BCUT2D eigenvalue weighted by Gasteiger charge is 2.14. The number of para-hydroxylation sites is 1. The molecule has 1 heterocycles. The van der Waals surface area contributed by atoms with E-state index >= 15 is 0 Å². The van der Waals surface area contributed by atoms with E-state index in [9.17, 15) is 8.42 Å².